The minimum Gasteiger partial charge on any atom is -0.384 e. The molecule has 1 saturated heterocycles. The van der Waals surface area contributed by atoms with Crippen molar-refractivity contribution in [2.24, 2.45) is 10.7 Å². The normalized spacial score (nSPS) is 15.2. The molecular weight excluding hydrogens is 394 g/mol. The van der Waals surface area contributed by atoms with E-state index in [1.165, 1.54) is 37.3 Å². The Kier molecular flexibility index (Phi) is 6.58. The maximum atomic E-state index is 14.2. The number of amidine groups is 1. The summed E-state index contributed by atoms with van der Waals surface area (Å²) >= 11 is 0. The smallest absolute Gasteiger partial charge is 0.332 e. The van der Waals surface area contributed by atoms with Crippen molar-refractivity contribution in [3.63, 3.8) is 0 Å². The molecule has 0 spiro atoms. The molecule has 1 aliphatic heterocycles. The van der Waals surface area contributed by atoms with Gasteiger partial charge in [-0.15, -0.1) is 0 Å². The number of carbonyl (C=O) groups excluding carboxylic acids is 1. The van der Waals surface area contributed by atoms with Crippen LogP contribution in [-0.2, 0) is 4.74 Å². The molecule has 10 heteroatoms. The van der Waals surface area contributed by atoms with Crippen molar-refractivity contribution in [2.75, 3.05) is 31.2 Å². The minimum absolute atomic E-state index is 0.0761. The number of nitrogens with one attached hydrogen (secondary N) is 1. The summed E-state index contributed by atoms with van der Waals surface area (Å²) < 4.78 is 32.2. The molecule has 3 rings (SSSR count). The minimum atomic E-state index is -1.55. The third-order valence-electron chi connectivity index (χ3n) is 4.36. The van der Waals surface area contributed by atoms with Crippen molar-refractivity contribution < 1.29 is 18.3 Å². The van der Waals surface area contributed by atoms with Crippen molar-refractivity contribution in [1.82, 2.24) is 9.97 Å². The number of anilines is 1. The monoisotopic (exact) mass is 414 g/mol. The van der Waals surface area contributed by atoms with E-state index in [-0.39, 0.29) is 22.9 Å². The van der Waals surface area contributed by atoms with Gasteiger partial charge in [-0.05, 0) is 30.7 Å². The Bertz CT molecular complexity index is 1010. The molecule has 1 aromatic carbocycles. The zero-order valence-electron chi connectivity index (χ0n) is 16.2. The fourth-order valence-corrected chi connectivity index (χ4v) is 2.83. The van der Waals surface area contributed by atoms with Crippen LogP contribution in [0.25, 0.3) is 5.57 Å². The van der Waals surface area contributed by atoms with Gasteiger partial charge in [0, 0.05) is 24.4 Å². The number of halogens is 2. The predicted molar refractivity (Wildman–Crippen MR) is 110 cm³/mol. The average Bonchev–Trinajstić information content (AvgIpc) is 2.74. The lowest BCUT2D eigenvalue weighted by Gasteiger charge is -2.26. The van der Waals surface area contributed by atoms with Gasteiger partial charge < -0.3 is 20.8 Å². The number of allylic oxidation sites excluding steroid dienone is 1. The second kappa shape index (κ2) is 9.31. The zero-order valence-corrected chi connectivity index (χ0v) is 16.2. The van der Waals surface area contributed by atoms with Crippen molar-refractivity contribution in [1.29, 1.82) is 5.41 Å². The Morgan fingerprint density at radius 2 is 1.90 bits per heavy atom. The molecule has 0 unspecified atom stereocenters. The van der Waals surface area contributed by atoms with Crippen LogP contribution in [0, 0.1) is 11.2 Å². The molecular formula is C20H20F2N6O2. The summed E-state index contributed by atoms with van der Waals surface area (Å²) in [6.07, 6.45) is 2.42. The molecule has 2 heterocycles. The van der Waals surface area contributed by atoms with E-state index in [1.54, 1.807) is 0 Å². The summed E-state index contributed by atoms with van der Waals surface area (Å²) in [6.45, 7) is 3.75. The summed E-state index contributed by atoms with van der Waals surface area (Å²) in [5.74, 6) is -0.708. The molecule has 2 aromatic rings. The van der Waals surface area contributed by atoms with E-state index in [4.69, 9.17) is 15.9 Å². The molecule has 1 aliphatic rings. The van der Waals surface area contributed by atoms with E-state index in [2.05, 4.69) is 15.0 Å². The number of aromatic nitrogens is 2. The van der Waals surface area contributed by atoms with Crippen LogP contribution in [0.5, 0.6) is 0 Å². The number of morpholine rings is 1. The predicted octanol–water partition coefficient (Wildman–Crippen LogP) is 2.67. The van der Waals surface area contributed by atoms with E-state index in [1.807, 2.05) is 4.90 Å². The summed E-state index contributed by atoms with van der Waals surface area (Å²) in [5, 5.41) is 7.97. The SMILES string of the molecule is CC(=N)/C(=C\C(N)=Nc1nc(N2CCOCC2)ncc1F)c1ccc(C(=O)F)cc1. The van der Waals surface area contributed by atoms with Gasteiger partial charge in [0.1, 0.15) is 5.84 Å². The number of nitrogens with two attached hydrogens (primary N) is 1. The molecule has 30 heavy (non-hydrogen) atoms. The van der Waals surface area contributed by atoms with Crippen molar-refractivity contribution in [2.45, 2.75) is 6.92 Å². The zero-order chi connectivity index (χ0) is 21.7. The molecule has 8 nitrogen and oxygen atoms in total. The average molecular weight is 414 g/mol. The molecule has 156 valence electrons. The summed E-state index contributed by atoms with van der Waals surface area (Å²) in [5.41, 5.74) is 6.94. The third-order valence-corrected chi connectivity index (χ3v) is 4.36. The number of benzene rings is 1. The van der Waals surface area contributed by atoms with E-state index >= 15 is 0 Å². The highest BCUT2D eigenvalue weighted by Crippen LogP contribution is 2.20. The first-order valence-electron chi connectivity index (χ1n) is 9.12. The van der Waals surface area contributed by atoms with Crippen LogP contribution in [0.4, 0.5) is 20.5 Å². The van der Waals surface area contributed by atoms with Gasteiger partial charge in [-0.2, -0.15) is 9.37 Å². The van der Waals surface area contributed by atoms with Crippen molar-refractivity contribution >= 4 is 34.9 Å². The fraction of sp³-hybridized carbons (Fsp3) is 0.250. The maximum Gasteiger partial charge on any atom is 0.332 e. The first-order valence-corrected chi connectivity index (χ1v) is 9.12. The van der Waals surface area contributed by atoms with Crippen LogP contribution in [0.3, 0.4) is 0 Å². The molecule has 0 aliphatic carbocycles. The lowest BCUT2D eigenvalue weighted by molar-refractivity contribution is 0.0836. The topological polar surface area (TPSA) is 118 Å². The van der Waals surface area contributed by atoms with Gasteiger partial charge in [0.15, 0.2) is 11.6 Å². The standard InChI is InChI=1S/C20H20F2N6O2/c1-12(23)15(13-2-4-14(5-3-13)18(22)29)10-17(24)26-19-16(21)11-25-20(27-19)28-6-8-30-9-7-28/h2-5,10-11,23H,6-9H2,1H3,(H2,24,25,26,27)/b15-10+,23-12?. The number of nitrogens with zero attached hydrogens (tertiary/aromatic N) is 4. The molecule has 0 saturated carbocycles. The summed E-state index contributed by atoms with van der Waals surface area (Å²) in [7, 11) is 0. The van der Waals surface area contributed by atoms with Gasteiger partial charge in [-0.1, -0.05) is 12.1 Å². The molecule has 1 fully saturated rings. The molecule has 1 aromatic heterocycles. The Balaban J connectivity index is 1.91. The van der Waals surface area contributed by atoms with Crippen molar-refractivity contribution in [3.8, 4) is 0 Å². The molecule has 0 bridgehead atoms. The number of hydrogen-bond donors (Lipinski definition) is 2. The van der Waals surface area contributed by atoms with Crippen LogP contribution in [0.2, 0.25) is 0 Å². The molecule has 3 N–H and O–H groups in total. The second-order valence-electron chi connectivity index (χ2n) is 6.51. The maximum absolute atomic E-state index is 14.2. The highest BCUT2D eigenvalue weighted by atomic mass is 19.1. The summed E-state index contributed by atoms with van der Waals surface area (Å²) in [4.78, 5) is 24.8. The Morgan fingerprint density at radius 1 is 1.27 bits per heavy atom. The molecule has 0 atom stereocenters. The quantitative estimate of drug-likeness (QED) is 0.426. The number of hydrogen-bond acceptors (Lipinski definition) is 7. The highest BCUT2D eigenvalue weighted by Gasteiger charge is 2.16. The number of ether oxygens (including phenoxy) is 1. The molecule has 0 radical (unpaired) electrons. The first kappa shape index (κ1) is 21.2. The molecule has 0 amide bonds. The number of carbonyl (C=O) groups is 1. The van der Waals surface area contributed by atoms with E-state index in [0.29, 0.717) is 43.4 Å². The summed E-state index contributed by atoms with van der Waals surface area (Å²) in [6, 6.07) is 4.05. The van der Waals surface area contributed by atoms with Crippen LogP contribution in [0.1, 0.15) is 22.8 Å². The largest absolute Gasteiger partial charge is 0.384 e. The highest BCUT2D eigenvalue weighted by molar-refractivity contribution is 6.25. The third kappa shape index (κ3) is 5.09. The number of aliphatic imine (C=N–C) groups is 1. The van der Waals surface area contributed by atoms with E-state index in [0.717, 1.165) is 6.20 Å². The van der Waals surface area contributed by atoms with Crippen LogP contribution in [-0.4, -0.2) is 53.9 Å². The van der Waals surface area contributed by atoms with Gasteiger partial charge in [0.05, 0.1) is 25.0 Å². The second-order valence-corrected chi connectivity index (χ2v) is 6.51. The van der Waals surface area contributed by atoms with Crippen molar-refractivity contribution in [3.05, 3.63) is 53.5 Å². The lowest BCUT2D eigenvalue weighted by Crippen LogP contribution is -2.37. The van der Waals surface area contributed by atoms with Crippen LogP contribution in [0.15, 0.2) is 41.5 Å². The van der Waals surface area contributed by atoms with Crippen LogP contribution >= 0.6 is 0 Å². The lowest BCUT2D eigenvalue weighted by atomic mass is 10.00. The van der Waals surface area contributed by atoms with Crippen LogP contribution < -0.4 is 10.6 Å². The van der Waals surface area contributed by atoms with Gasteiger partial charge in [-0.25, -0.2) is 14.4 Å². The number of rotatable bonds is 6. The van der Waals surface area contributed by atoms with Gasteiger partial charge in [0.25, 0.3) is 0 Å². The van der Waals surface area contributed by atoms with E-state index in [9.17, 15) is 13.6 Å². The Morgan fingerprint density at radius 3 is 2.50 bits per heavy atom. The van der Waals surface area contributed by atoms with E-state index < -0.39 is 11.9 Å². The van der Waals surface area contributed by atoms with Gasteiger partial charge >= 0.3 is 6.04 Å². The first-order chi connectivity index (χ1) is 14.3. The Labute approximate surface area is 171 Å². The Hall–Kier alpha value is -3.53. The fourth-order valence-electron chi connectivity index (χ4n) is 2.83. The van der Waals surface area contributed by atoms with Gasteiger partial charge in [-0.3, -0.25) is 4.79 Å². The van der Waals surface area contributed by atoms with Gasteiger partial charge in [0.2, 0.25) is 5.95 Å².